The summed E-state index contributed by atoms with van der Waals surface area (Å²) >= 11 is 7.31. The molecule has 2 aromatic rings. The number of nitrogens with zero attached hydrogens (tertiary/aromatic N) is 4. The second-order valence-electron chi connectivity index (χ2n) is 6.20. The normalized spacial score (nSPS) is 16.9. The molecule has 1 aliphatic rings. The molecule has 2 heterocycles. The van der Waals surface area contributed by atoms with Crippen LogP contribution in [0.25, 0.3) is 0 Å². The van der Waals surface area contributed by atoms with Gasteiger partial charge in [0.1, 0.15) is 6.33 Å². The lowest BCUT2D eigenvalue weighted by atomic mass is 10.1. The Kier molecular flexibility index (Phi) is 6.16. The maximum atomic E-state index is 12.2. The summed E-state index contributed by atoms with van der Waals surface area (Å²) < 4.78 is 1.76. The van der Waals surface area contributed by atoms with E-state index in [-0.39, 0.29) is 23.6 Å². The molecule has 138 valence electrons. The number of nitrogens with one attached hydrogen (secondary N) is 1. The fourth-order valence-corrected chi connectivity index (χ4v) is 3.76. The Balaban J connectivity index is 1.43. The van der Waals surface area contributed by atoms with Crippen LogP contribution in [0.1, 0.15) is 12.0 Å². The molecule has 0 aliphatic carbocycles. The lowest BCUT2D eigenvalue weighted by molar-refractivity contribution is -0.127. The first-order valence-electron chi connectivity index (χ1n) is 8.29. The molecule has 0 radical (unpaired) electrons. The number of hydrogen-bond acceptors (Lipinski definition) is 5. The van der Waals surface area contributed by atoms with Gasteiger partial charge in [-0.25, -0.2) is 0 Å². The van der Waals surface area contributed by atoms with Gasteiger partial charge in [0.2, 0.25) is 11.8 Å². The summed E-state index contributed by atoms with van der Waals surface area (Å²) in [7, 11) is 1.83. The molecular formula is C17H20ClN5O2S. The molecule has 9 heteroatoms. The van der Waals surface area contributed by atoms with Gasteiger partial charge in [-0.3, -0.25) is 9.59 Å². The van der Waals surface area contributed by atoms with Crippen molar-refractivity contribution in [2.45, 2.75) is 24.0 Å². The molecular weight excluding hydrogens is 374 g/mol. The number of aromatic nitrogens is 3. The van der Waals surface area contributed by atoms with Crippen molar-refractivity contribution in [1.82, 2.24) is 25.0 Å². The Bertz CT molecular complexity index is 797. The van der Waals surface area contributed by atoms with Gasteiger partial charge >= 0.3 is 0 Å². The number of carbonyl (C=O) groups is 2. The number of halogens is 1. The highest BCUT2D eigenvalue weighted by atomic mass is 35.5. The van der Waals surface area contributed by atoms with Crippen LogP contribution < -0.4 is 5.32 Å². The van der Waals surface area contributed by atoms with Crippen LogP contribution in [0.3, 0.4) is 0 Å². The van der Waals surface area contributed by atoms with Crippen LogP contribution in [0.2, 0.25) is 5.02 Å². The minimum absolute atomic E-state index is 0.0679. The van der Waals surface area contributed by atoms with Crippen molar-refractivity contribution in [1.29, 1.82) is 0 Å². The van der Waals surface area contributed by atoms with Crippen LogP contribution in [0.15, 0.2) is 35.7 Å². The van der Waals surface area contributed by atoms with Crippen molar-refractivity contribution in [3.05, 3.63) is 41.2 Å². The SMILES string of the molecule is Cn1cnnc1SCC(=O)N[C@@H]1CC(=O)N(CCc2cccc(Cl)c2)C1. The Morgan fingerprint density at radius 3 is 3.04 bits per heavy atom. The standard InChI is InChI=1S/C17H20ClN5O2S/c1-22-11-19-21-17(22)26-10-15(24)20-14-8-16(25)23(9-14)6-5-12-3-2-4-13(18)7-12/h2-4,7,11,14H,5-6,8-10H2,1H3,(H,20,24)/t14-/m1/s1. The van der Waals surface area contributed by atoms with Crippen LogP contribution in [0.4, 0.5) is 0 Å². The number of carbonyl (C=O) groups excluding carboxylic acids is 2. The van der Waals surface area contributed by atoms with E-state index in [1.807, 2.05) is 31.3 Å². The van der Waals surface area contributed by atoms with E-state index in [1.165, 1.54) is 11.8 Å². The largest absolute Gasteiger partial charge is 0.350 e. The molecule has 1 fully saturated rings. The average molecular weight is 394 g/mol. The minimum atomic E-state index is -0.144. The van der Waals surface area contributed by atoms with Crippen LogP contribution in [0.5, 0.6) is 0 Å². The molecule has 26 heavy (non-hydrogen) atoms. The van der Waals surface area contributed by atoms with Crippen molar-refractivity contribution in [2.75, 3.05) is 18.8 Å². The lowest BCUT2D eigenvalue weighted by Gasteiger charge is -2.17. The molecule has 1 saturated heterocycles. The van der Waals surface area contributed by atoms with E-state index < -0.39 is 0 Å². The average Bonchev–Trinajstić information content (AvgIpc) is 3.16. The zero-order valence-corrected chi connectivity index (χ0v) is 16.0. The molecule has 3 rings (SSSR count). The molecule has 1 atom stereocenters. The molecule has 7 nitrogen and oxygen atoms in total. The fraction of sp³-hybridized carbons (Fsp3) is 0.412. The van der Waals surface area contributed by atoms with E-state index in [4.69, 9.17) is 11.6 Å². The Morgan fingerprint density at radius 1 is 1.46 bits per heavy atom. The summed E-state index contributed by atoms with van der Waals surface area (Å²) in [5.41, 5.74) is 1.10. The number of likely N-dealkylation sites (tertiary alicyclic amines) is 1. The van der Waals surface area contributed by atoms with E-state index in [0.717, 1.165) is 12.0 Å². The number of thioether (sulfide) groups is 1. The summed E-state index contributed by atoms with van der Waals surface area (Å²) in [5, 5.41) is 12.0. The Morgan fingerprint density at radius 2 is 2.31 bits per heavy atom. The Labute approximate surface area is 161 Å². The maximum absolute atomic E-state index is 12.2. The predicted molar refractivity (Wildman–Crippen MR) is 100 cm³/mol. The van der Waals surface area contributed by atoms with Gasteiger partial charge in [-0.1, -0.05) is 35.5 Å². The summed E-state index contributed by atoms with van der Waals surface area (Å²) in [6.45, 7) is 1.17. The number of rotatable bonds is 7. The molecule has 1 aliphatic heterocycles. The number of benzene rings is 1. The highest BCUT2D eigenvalue weighted by Gasteiger charge is 2.30. The van der Waals surface area contributed by atoms with E-state index in [0.29, 0.717) is 29.7 Å². The zero-order chi connectivity index (χ0) is 18.5. The second-order valence-corrected chi connectivity index (χ2v) is 7.58. The van der Waals surface area contributed by atoms with Crippen LogP contribution in [-0.2, 0) is 23.1 Å². The maximum Gasteiger partial charge on any atom is 0.230 e. The Hall–Kier alpha value is -2.06. The molecule has 2 amide bonds. The third kappa shape index (κ3) is 4.98. The fourth-order valence-electron chi connectivity index (χ4n) is 2.84. The van der Waals surface area contributed by atoms with Gasteiger partial charge in [0, 0.05) is 31.6 Å². The molecule has 0 spiro atoms. The lowest BCUT2D eigenvalue weighted by Crippen LogP contribution is -2.38. The van der Waals surface area contributed by atoms with Crippen LogP contribution >= 0.6 is 23.4 Å². The van der Waals surface area contributed by atoms with Gasteiger partial charge in [0.05, 0.1) is 11.8 Å². The van der Waals surface area contributed by atoms with Crippen molar-refractivity contribution < 1.29 is 9.59 Å². The topological polar surface area (TPSA) is 80.1 Å². The van der Waals surface area contributed by atoms with Crippen molar-refractivity contribution in [3.63, 3.8) is 0 Å². The smallest absolute Gasteiger partial charge is 0.230 e. The third-order valence-electron chi connectivity index (χ3n) is 4.14. The van der Waals surface area contributed by atoms with Crippen molar-refractivity contribution in [2.24, 2.45) is 7.05 Å². The van der Waals surface area contributed by atoms with Gasteiger partial charge < -0.3 is 14.8 Å². The summed E-state index contributed by atoms with van der Waals surface area (Å²) in [4.78, 5) is 26.1. The monoisotopic (exact) mass is 393 g/mol. The first-order valence-corrected chi connectivity index (χ1v) is 9.66. The van der Waals surface area contributed by atoms with E-state index in [1.54, 1.807) is 15.8 Å². The highest BCUT2D eigenvalue weighted by molar-refractivity contribution is 7.99. The summed E-state index contributed by atoms with van der Waals surface area (Å²) in [5.74, 6) is 0.213. The zero-order valence-electron chi connectivity index (χ0n) is 14.4. The van der Waals surface area contributed by atoms with E-state index in [9.17, 15) is 9.59 Å². The molecule has 0 bridgehead atoms. The first kappa shape index (κ1) is 18.7. The molecule has 1 aromatic heterocycles. The third-order valence-corrected chi connectivity index (χ3v) is 5.41. The van der Waals surface area contributed by atoms with Crippen molar-refractivity contribution >= 4 is 35.2 Å². The van der Waals surface area contributed by atoms with Crippen LogP contribution in [0, 0.1) is 0 Å². The van der Waals surface area contributed by atoms with Gasteiger partial charge in [0.15, 0.2) is 5.16 Å². The molecule has 1 N–H and O–H groups in total. The quantitative estimate of drug-likeness (QED) is 0.721. The van der Waals surface area contributed by atoms with E-state index >= 15 is 0 Å². The number of aryl methyl sites for hydroxylation is 1. The number of amides is 2. The van der Waals surface area contributed by atoms with Gasteiger partial charge in [-0.15, -0.1) is 10.2 Å². The molecule has 0 unspecified atom stereocenters. The van der Waals surface area contributed by atoms with Crippen LogP contribution in [-0.4, -0.2) is 56.4 Å². The minimum Gasteiger partial charge on any atom is -0.350 e. The second kappa shape index (κ2) is 8.55. The molecule has 1 aromatic carbocycles. The summed E-state index contributed by atoms with van der Waals surface area (Å²) in [6.07, 6.45) is 2.68. The van der Waals surface area contributed by atoms with Crippen molar-refractivity contribution in [3.8, 4) is 0 Å². The molecule has 0 saturated carbocycles. The van der Waals surface area contributed by atoms with Gasteiger partial charge in [-0.05, 0) is 24.1 Å². The highest BCUT2D eigenvalue weighted by Crippen LogP contribution is 2.16. The summed E-state index contributed by atoms with van der Waals surface area (Å²) in [6, 6.07) is 7.49. The first-order chi connectivity index (χ1) is 12.5. The number of hydrogen-bond donors (Lipinski definition) is 1. The van der Waals surface area contributed by atoms with E-state index in [2.05, 4.69) is 15.5 Å². The predicted octanol–water partition coefficient (Wildman–Crippen LogP) is 1.52. The van der Waals surface area contributed by atoms with Gasteiger partial charge in [-0.2, -0.15) is 0 Å². The van der Waals surface area contributed by atoms with Gasteiger partial charge in [0.25, 0.3) is 0 Å².